The van der Waals surface area contributed by atoms with Crippen LogP contribution in [0.4, 0.5) is 0 Å². The molecular weight excluding hydrogens is 372 g/mol. The highest BCUT2D eigenvalue weighted by Crippen LogP contribution is 2.38. The lowest BCUT2D eigenvalue weighted by Gasteiger charge is -2.33. The second-order valence-electron chi connectivity index (χ2n) is 8.21. The lowest BCUT2D eigenvalue weighted by atomic mass is 10.1. The van der Waals surface area contributed by atoms with Crippen LogP contribution in [0.25, 0.3) is 11.3 Å². The second-order valence-corrected chi connectivity index (χ2v) is 10.0. The van der Waals surface area contributed by atoms with E-state index in [1.54, 1.807) is 16.8 Å². The van der Waals surface area contributed by atoms with Crippen LogP contribution in [-0.2, 0) is 23.1 Å². The van der Waals surface area contributed by atoms with Gasteiger partial charge in [-0.2, -0.15) is 4.31 Å². The van der Waals surface area contributed by atoms with Crippen molar-refractivity contribution in [1.82, 2.24) is 19.3 Å². The van der Waals surface area contributed by atoms with Crippen molar-refractivity contribution in [2.75, 3.05) is 0 Å². The summed E-state index contributed by atoms with van der Waals surface area (Å²) in [5, 5.41) is 8.73. The molecule has 1 aliphatic heterocycles. The van der Waals surface area contributed by atoms with E-state index >= 15 is 0 Å². The Morgan fingerprint density at radius 2 is 1.71 bits per heavy atom. The third-order valence-electron chi connectivity index (χ3n) is 5.01. The van der Waals surface area contributed by atoms with Crippen molar-refractivity contribution in [1.29, 1.82) is 0 Å². The monoisotopic (exact) mass is 396 g/mol. The smallest absolute Gasteiger partial charge is 0.240 e. The highest BCUT2D eigenvalue weighted by Gasteiger charge is 2.40. The predicted octanol–water partition coefficient (Wildman–Crippen LogP) is 3.60. The molecule has 6 nitrogen and oxygen atoms in total. The first kappa shape index (κ1) is 18.8. The standard InChI is InChI=1S/C21H24N4O2S/c1-15-9-11-16(12-10-15)13-24-20-17-7-5-6-8-19(17)28(26,27)25(21(2,3)4)14-18(20)22-23-24/h5-12H,13-14H2,1-4H3. The fourth-order valence-corrected chi connectivity index (χ4v) is 5.50. The molecule has 0 atom stereocenters. The van der Waals surface area contributed by atoms with Crippen molar-refractivity contribution in [3.8, 4) is 11.3 Å². The highest BCUT2D eigenvalue weighted by molar-refractivity contribution is 7.89. The molecule has 0 radical (unpaired) electrons. The third kappa shape index (κ3) is 3.14. The molecule has 1 aromatic heterocycles. The van der Waals surface area contributed by atoms with E-state index in [4.69, 9.17) is 0 Å². The number of aromatic nitrogens is 3. The molecule has 28 heavy (non-hydrogen) atoms. The lowest BCUT2D eigenvalue weighted by molar-refractivity contribution is 0.241. The summed E-state index contributed by atoms with van der Waals surface area (Å²) >= 11 is 0. The molecule has 0 spiro atoms. The summed E-state index contributed by atoms with van der Waals surface area (Å²) in [5.74, 6) is 0. The number of sulfonamides is 1. The first-order chi connectivity index (χ1) is 13.2. The van der Waals surface area contributed by atoms with Crippen LogP contribution in [0.2, 0.25) is 0 Å². The van der Waals surface area contributed by atoms with Crippen molar-refractivity contribution >= 4 is 10.0 Å². The topological polar surface area (TPSA) is 68.1 Å². The van der Waals surface area contributed by atoms with Crippen LogP contribution in [0.5, 0.6) is 0 Å². The van der Waals surface area contributed by atoms with Crippen LogP contribution in [0.3, 0.4) is 0 Å². The highest BCUT2D eigenvalue weighted by atomic mass is 32.2. The number of aryl methyl sites for hydroxylation is 1. The minimum absolute atomic E-state index is 0.198. The molecule has 146 valence electrons. The van der Waals surface area contributed by atoms with Gasteiger partial charge < -0.3 is 0 Å². The van der Waals surface area contributed by atoms with Gasteiger partial charge in [-0.25, -0.2) is 13.1 Å². The molecule has 4 rings (SSSR count). The molecule has 1 aliphatic rings. The van der Waals surface area contributed by atoms with Crippen molar-refractivity contribution in [2.24, 2.45) is 0 Å². The summed E-state index contributed by atoms with van der Waals surface area (Å²) < 4.78 is 30.1. The van der Waals surface area contributed by atoms with Crippen LogP contribution in [0.1, 0.15) is 37.6 Å². The van der Waals surface area contributed by atoms with E-state index in [-0.39, 0.29) is 6.54 Å². The summed E-state index contributed by atoms with van der Waals surface area (Å²) in [6, 6.07) is 15.4. The summed E-state index contributed by atoms with van der Waals surface area (Å²) in [6.07, 6.45) is 0. The maximum absolute atomic E-state index is 13.4. The van der Waals surface area contributed by atoms with E-state index in [0.29, 0.717) is 22.7 Å². The molecule has 0 fully saturated rings. The summed E-state index contributed by atoms with van der Waals surface area (Å²) in [4.78, 5) is 0.302. The molecule has 0 N–H and O–H groups in total. The van der Waals surface area contributed by atoms with Gasteiger partial charge in [0.15, 0.2) is 0 Å². The fourth-order valence-electron chi connectivity index (χ4n) is 3.55. The molecule has 2 heterocycles. The Bertz CT molecular complexity index is 1130. The summed E-state index contributed by atoms with van der Waals surface area (Å²) in [7, 11) is -3.66. The van der Waals surface area contributed by atoms with Crippen molar-refractivity contribution in [3.05, 3.63) is 65.4 Å². The van der Waals surface area contributed by atoms with Gasteiger partial charge in [-0.15, -0.1) is 5.10 Å². The average Bonchev–Trinajstić information content (AvgIpc) is 2.98. The Morgan fingerprint density at radius 3 is 2.39 bits per heavy atom. The van der Waals surface area contributed by atoms with Crippen LogP contribution in [0, 0.1) is 6.92 Å². The van der Waals surface area contributed by atoms with E-state index in [1.807, 2.05) is 39.8 Å². The van der Waals surface area contributed by atoms with Crippen molar-refractivity contribution < 1.29 is 8.42 Å². The van der Waals surface area contributed by atoms with Crippen LogP contribution < -0.4 is 0 Å². The number of nitrogens with zero attached hydrogens (tertiary/aromatic N) is 4. The molecule has 0 amide bonds. The Hall–Kier alpha value is -2.51. The minimum atomic E-state index is -3.66. The van der Waals surface area contributed by atoms with Crippen molar-refractivity contribution in [3.63, 3.8) is 0 Å². The molecule has 0 unspecified atom stereocenters. The van der Waals surface area contributed by atoms with Gasteiger partial charge in [0, 0.05) is 11.1 Å². The molecule has 0 saturated carbocycles. The maximum Gasteiger partial charge on any atom is 0.244 e. The molecule has 7 heteroatoms. The van der Waals surface area contributed by atoms with Gasteiger partial charge in [-0.3, -0.25) is 0 Å². The normalized spacial score (nSPS) is 16.3. The molecule has 2 aromatic carbocycles. The van der Waals surface area contributed by atoms with Gasteiger partial charge in [0.25, 0.3) is 0 Å². The number of benzene rings is 2. The zero-order valence-electron chi connectivity index (χ0n) is 16.5. The molecule has 0 saturated heterocycles. The van der Waals surface area contributed by atoms with Gasteiger partial charge in [-0.1, -0.05) is 53.2 Å². The van der Waals surface area contributed by atoms with E-state index in [1.165, 1.54) is 9.87 Å². The first-order valence-corrected chi connectivity index (χ1v) is 10.7. The van der Waals surface area contributed by atoms with Gasteiger partial charge in [0.05, 0.1) is 23.7 Å². The van der Waals surface area contributed by atoms with Gasteiger partial charge in [0.1, 0.15) is 5.69 Å². The largest absolute Gasteiger partial charge is 0.244 e. The van der Waals surface area contributed by atoms with Gasteiger partial charge >= 0.3 is 0 Å². The Labute approximate surface area is 165 Å². The predicted molar refractivity (Wildman–Crippen MR) is 108 cm³/mol. The Morgan fingerprint density at radius 1 is 1.04 bits per heavy atom. The van der Waals surface area contributed by atoms with Gasteiger partial charge in [-0.05, 0) is 39.3 Å². The van der Waals surface area contributed by atoms with Crippen molar-refractivity contribution in [2.45, 2.75) is 51.2 Å². The summed E-state index contributed by atoms with van der Waals surface area (Å²) in [5.41, 5.74) is 3.81. The lowest BCUT2D eigenvalue weighted by Crippen LogP contribution is -2.44. The average molecular weight is 397 g/mol. The quantitative estimate of drug-likeness (QED) is 0.664. The molecule has 0 bridgehead atoms. The van der Waals surface area contributed by atoms with Crippen LogP contribution in [-0.4, -0.2) is 33.3 Å². The van der Waals surface area contributed by atoms with E-state index < -0.39 is 15.6 Å². The maximum atomic E-state index is 13.4. The number of fused-ring (bicyclic) bond motifs is 3. The summed E-state index contributed by atoms with van der Waals surface area (Å²) in [6.45, 7) is 8.47. The number of hydrogen-bond donors (Lipinski definition) is 0. The zero-order valence-corrected chi connectivity index (χ0v) is 17.4. The van der Waals surface area contributed by atoms with Gasteiger partial charge in [0.2, 0.25) is 10.0 Å². The molecule has 3 aromatic rings. The van der Waals surface area contributed by atoms with E-state index in [2.05, 4.69) is 34.6 Å². The van der Waals surface area contributed by atoms with Crippen LogP contribution in [0.15, 0.2) is 53.4 Å². The van der Waals surface area contributed by atoms with Crippen LogP contribution >= 0.6 is 0 Å². The molecule has 0 aliphatic carbocycles. The Balaban J connectivity index is 1.90. The van der Waals surface area contributed by atoms with E-state index in [0.717, 1.165) is 11.3 Å². The minimum Gasteiger partial charge on any atom is -0.240 e. The first-order valence-electron chi connectivity index (χ1n) is 9.28. The SMILES string of the molecule is Cc1ccc(Cn2nnc3c2-c2ccccc2S(=O)(=O)N(C(C)(C)C)C3)cc1. The Kier molecular flexibility index (Phi) is 4.39. The number of rotatable bonds is 2. The fraction of sp³-hybridized carbons (Fsp3) is 0.333. The number of hydrogen-bond acceptors (Lipinski definition) is 4. The zero-order chi connectivity index (χ0) is 20.1. The second kappa shape index (κ2) is 6.53. The van der Waals surface area contributed by atoms with E-state index in [9.17, 15) is 8.42 Å². The third-order valence-corrected chi connectivity index (χ3v) is 7.18. The molecular formula is C21H24N4O2S.